The number of hydrogen-bond acceptors (Lipinski definition) is 5. The van der Waals surface area contributed by atoms with Gasteiger partial charge in [-0.2, -0.15) is 5.10 Å². The van der Waals surface area contributed by atoms with E-state index in [4.69, 9.17) is 32.7 Å². The lowest BCUT2D eigenvalue weighted by Crippen LogP contribution is -2.15. The molecule has 4 rings (SSSR count). The van der Waals surface area contributed by atoms with Crippen molar-refractivity contribution in [3.05, 3.63) is 93.8 Å². The summed E-state index contributed by atoms with van der Waals surface area (Å²) < 4.78 is 26.4. The smallest absolute Gasteiger partial charge is 0.357 e. The minimum Gasteiger partial charge on any atom is -0.465 e. The molecule has 6 nitrogen and oxygen atoms in total. The van der Waals surface area contributed by atoms with Crippen LogP contribution in [0.2, 0.25) is 10.0 Å². The van der Waals surface area contributed by atoms with Gasteiger partial charge in [0.05, 0.1) is 19.9 Å². The van der Waals surface area contributed by atoms with Crippen LogP contribution in [0.4, 0.5) is 4.39 Å². The molecule has 0 unspecified atom stereocenters. The van der Waals surface area contributed by atoms with Crippen LogP contribution in [0.25, 0.3) is 28.1 Å². The van der Waals surface area contributed by atoms with E-state index in [9.17, 15) is 9.59 Å². The highest BCUT2D eigenvalue weighted by Gasteiger charge is 2.32. The molecule has 172 valence electrons. The summed E-state index contributed by atoms with van der Waals surface area (Å²) in [6.45, 7) is 0. The lowest BCUT2D eigenvalue weighted by atomic mass is 10.00. The van der Waals surface area contributed by atoms with Crippen molar-refractivity contribution in [1.82, 2.24) is 9.78 Å². The van der Waals surface area contributed by atoms with Gasteiger partial charge in [0, 0.05) is 15.6 Å². The number of benzene rings is 3. The maximum absolute atomic E-state index is 15.4. The van der Waals surface area contributed by atoms with Gasteiger partial charge in [0.25, 0.3) is 0 Å². The number of para-hydroxylation sites is 1. The molecule has 1 heterocycles. The van der Waals surface area contributed by atoms with Gasteiger partial charge in [-0.05, 0) is 53.6 Å². The Kier molecular flexibility index (Phi) is 6.68. The molecule has 9 heteroatoms. The second-order valence-electron chi connectivity index (χ2n) is 7.16. The van der Waals surface area contributed by atoms with Gasteiger partial charge in [-0.1, -0.05) is 47.5 Å². The number of esters is 2. The Balaban J connectivity index is 1.94. The fourth-order valence-corrected chi connectivity index (χ4v) is 4.08. The van der Waals surface area contributed by atoms with Crippen molar-refractivity contribution in [1.29, 1.82) is 0 Å². The highest BCUT2D eigenvalue weighted by Crippen LogP contribution is 2.34. The third kappa shape index (κ3) is 4.40. The molecule has 0 bridgehead atoms. The molecule has 4 aromatic rings. The molecule has 0 atom stereocenters. The third-order valence-electron chi connectivity index (χ3n) is 5.07. The first kappa shape index (κ1) is 23.5. The van der Waals surface area contributed by atoms with Crippen molar-refractivity contribution in [2.75, 3.05) is 14.2 Å². The molecule has 0 spiro atoms. The predicted octanol–water partition coefficient (Wildman–Crippen LogP) is 6.23. The Labute approximate surface area is 204 Å². The fourth-order valence-electron chi connectivity index (χ4n) is 3.55. The van der Waals surface area contributed by atoms with Gasteiger partial charge < -0.3 is 9.47 Å². The Bertz CT molecular complexity index is 1380. The average molecular weight is 499 g/mol. The summed E-state index contributed by atoms with van der Waals surface area (Å²) in [6.07, 6.45) is 0. The Hall–Kier alpha value is -3.68. The normalized spacial score (nSPS) is 10.7. The first-order chi connectivity index (χ1) is 16.3. The number of rotatable bonds is 5. The van der Waals surface area contributed by atoms with Gasteiger partial charge in [0.15, 0.2) is 5.69 Å². The quantitative estimate of drug-likeness (QED) is 0.305. The summed E-state index contributed by atoms with van der Waals surface area (Å²) in [7, 11) is 2.34. The van der Waals surface area contributed by atoms with E-state index >= 15 is 4.39 Å². The van der Waals surface area contributed by atoms with Crippen LogP contribution in [0.5, 0.6) is 0 Å². The Morgan fingerprint density at radius 3 is 2.09 bits per heavy atom. The van der Waals surface area contributed by atoms with E-state index in [2.05, 4.69) is 5.10 Å². The SMILES string of the molecule is COC(=O)c1c(-c2ccc(-c3cc(Cl)cc(Cl)c3)cc2F)nn(-c2ccccc2)c1C(=O)OC. The molecule has 0 saturated heterocycles. The molecule has 0 radical (unpaired) electrons. The lowest BCUT2D eigenvalue weighted by molar-refractivity contribution is 0.0549. The van der Waals surface area contributed by atoms with E-state index in [0.717, 1.165) is 7.11 Å². The van der Waals surface area contributed by atoms with Gasteiger partial charge in [0.2, 0.25) is 0 Å². The number of nitrogens with zero attached hydrogens (tertiary/aromatic N) is 2. The van der Waals surface area contributed by atoms with Crippen molar-refractivity contribution in [2.45, 2.75) is 0 Å². The van der Waals surface area contributed by atoms with Crippen LogP contribution in [0.15, 0.2) is 66.7 Å². The third-order valence-corrected chi connectivity index (χ3v) is 5.51. The largest absolute Gasteiger partial charge is 0.465 e. The Morgan fingerprint density at radius 2 is 1.50 bits per heavy atom. The number of carbonyl (C=O) groups is 2. The standard InChI is InChI=1S/C25H17Cl2FN2O4/c1-33-24(31)21-22(29-30(23(21)25(32)34-2)18-6-4-3-5-7-18)19-9-8-14(12-20(19)28)15-10-16(26)13-17(27)11-15/h3-13H,1-2H3. The number of ether oxygens (including phenoxy) is 2. The number of halogens is 3. The van der Waals surface area contributed by atoms with Crippen molar-refractivity contribution in [3.63, 3.8) is 0 Å². The average Bonchev–Trinajstić information content (AvgIpc) is 3.23. The second kappa shape index (κ2) is 9.67. The van der Waals surface area contributed by atoms with Crippen LogP contribution in [0.3, 0.4) is 0 Å². The van der Waals surface area contributed by atoms with Gasteiger partial charge in [-0.25, -0.2) is 18.7 Å². The summed E-state index contributed by atoms with van der Waals surface area (Å²) in [5.41, 5.74) is 1.14. The minimum absolute atomic E-state index is 0.00268. The van der Waals surface area contributed by atoms with Crippen LogP contribution in [-0.2, 0) is 9.47 Å². The Morgan fingerprint density at radius 1 is 0.853 bits per heavy atom. The van der Waals surface area contributed by atoms with Gasteiger partial charge >= 0.3 is 11.9 Å². The molecule has 0 amide bonds. The van der Waals surface area contributed by atoms with Crippen molar-refractivity contribution < 1.29 is 23.5 Å². The summed E-state index contributed by atoms with van der Waals surface area (Å²) in [6, 6.07) is 17.9. The van der Waals surface area contributed by atoms with Crippen LogP contribution in [0, 0.1) is 5.82 Å². The van der Waals surface area contributed by atoms with Gasteiger partial charge in [-0.3, -0.25) is 0 Å². The topological polar surface area (TPSA) is 70.4 Å². The van der Waals surface area contributed by atoms with Crippen LogP contribution < -0.4 is 0 Å². The minimum atomic E-state index is -0.859. The molecule has 0 N–H and O–H groups in total. The maximum atomic E-state index is 15.4. The van der Waals surface area contributed by atoms with Gasteiger partial charge in [0.1, 0.15) is 17.1 Å². The van der Waals surface area contributed by atoms with Crippen LogP contribution >= 0.6 is 23.2 Å². The predicted molar refractivity (Wildman–Crippen MR) is 127 cm³/mol. The van der Waals surface area contributed by atoms with Crippen molar-refractivity contribution in [2.24, 2.45) is 0 Å². The van der Waals surface area contributed by atoms with E-state index < -0.39 is 17.8 Å². The second-order valence-corrected chi connectivity index (χ2v) is 8.03. The van der Waals surface area contributed by atoms with Crippen molar-refractivity contribution >= 4 is 35.1 Å². The molecule has 0 saturated carbocycles. The summed E-state index contributed by atoms with van der Waals surface area (Å²) >= 11 is 12.1. The van der Waals surface area contributed by atoms with E-state index in [0.29, 0.717) is 26.9 Å². The first-order valence-corrected chi connectivity index (χ1v) is 10.7. The highest BCUT2D eigenvalue weighted by atomic mass is 35.5. The summed E-state index contributed by atoms with van der Waals surface area (Å²) in [4.78, 5) is 25.4. The number of methoxy groups -OCH3 is 2. The highest BCUT2D eigenvalue weighted by molar-refractivity contribution is 6.35. The maximum Gasteiger partial charge on any atom is 0.357 e. The fraction of sp³-hybridized carbons (Fsp3) is 0.0800. The molecule has 34 heavy (non-hydrogen) atoms. The molecule has 0 aliphatic heterocycles. The zero-order valence-corrected chi connectivity index (χ0v) is 19.5. The van der Waals surface area contributed by atoms with Crippen molar-refractivity contribution in [3.8, 4) is 28.1 Å². The molecular weight excluding hydrogens is 482 g/mol. The number of aromatic nitrogens is 2. The van der Waals surface area contributed by atoms with Crippen LogP contribution in [0.1, 0.15) is 20.8 Å². The van der Waals surface area contributed by atoms with E-state index in [1.807, 2.05) is 0 Å². The molecule has 0 aliphatic rings. The summed E-state index contributed by atoms with van der Waals surface area (Å²) in [5, 5.41) is 5.23. The molecular formula is C25H17Cl2FN2O4. The zero-order chi connectivity index (χ0) is 24.4. The first-order valence-electron chi connectivity index (χ1n) is 9.95. The number of carbonyl (C=O) groups excluding carboxylic acids is 2. The zero-order valence-electron chi connectivity index (χ0n) is 18.0. The van der Waals surface area contributed by atoms with E-state index in [-0.39, 0.29) is 22.5 Å². The molecule has 0 fully saturated rings. The lowest BCUT2D eigenvalue weighted by Gasteiger charge is -2.08. The van der Waals surface area contributed by atoms with E-state index in [1.165, 1.54) is 23.9 Å². The molecule has 3 aromatic carbocycles. The monoisotopic (exact) mass is 498 g/mol. The molecule has 1 aromatic heterocycles. The molecule has 0 aliphatic carbocycles. The summed E-state index contributed by atoms with van der Waals surface area (Å²) in [5.74, 6) is -2.36. The van der Waals surface area contributed by atoms with E-state index in [1.54, 1.807) is 54.6 Å². The number of hydrogen-bond donors (Lipinski definition) is 0. The van der Waals surface area contributed by atoms with Crippen LogP contribution in [-0.4, -0.2) is 35.9 Å². The van der Waals surface area contributed by atoms with Gasteiger partial charge in [-0.15, -0.1) is 0 Å².